The van der Waals surface area contributed by atoms with Gasteiger partial charge in [0.2, 0.25) is 0 Å². The van der Waals surface area contributed by atoms with Crippen LogP contribution in [0.1, 0.15) is 30.1 Å². The number of carbonyl (C=O) groups is 1. The summed E-state index contributed by atoms with van der Waals surface area (Å²) >= 11 is 0. The number of aromatic nitrogens is 1. The maximum Gasteiger partial charge on any atom is 0.339 e. The van der Waals surface area contributed by atoms with E-state index in [1.807, 2.05) is 0 Å². The molecule has 1 aliphatic heterocycles. The van der Waals surface area contributed by atoms with Gasteiger partial charge in [-0.1, -0.05) is 13.3 Å². The second-order valence-corrected chi connectivity index (χ2v) is 4.19. The van der Waals surface area contributed by atoms with E-state index < -0.39 is 5.97 Å². The Kier molecular flexibility index (Phi) is 3.08. The highest BCUT2D eigenvalue weighted by Gasteiger charge is 2.25. The van der Waals surface area contributed by atoms with E-state index in [0.29, 0.717) is 17.3 Å². The third-order valence-electron chi connectivity index (χ3n) is 3.18. The summed E-state index contributed by atoms with van der Waals surface area (Å²) in [6.07, 6.45) is 3.93. The second kappa shape index (κ2) is 4.51. The molecule has 1 aromatic heterocycles. The molecule has 0 spiro atoms. The lowest BCUT2D eigenvalue weighted by molar-refractivity contribution is 0.0697. The van der Waals surface area contributed by atoms with Crippen LogP contribution < -0.4 is 4.90 Å². The highest BCUT2D eigenvalue weighted by atomic mass is 16.4. The Hall–Kier alpha value is -1.58. The van der Waals surface area contributed by atoms with Gasteiger partial charge in [-0.2, -0.15) is 0 Å². The first-order valence-electron chi connectivity index (χ1n) is 5.65. The van der Waals surface area contributed by atoms with Gasteiger partial charge < -0.3 is 10.0 Å². The summed E-state index contributed by atoms with van der Waals surface area (Å²) < 4.78 is 0. The average molecular weight is 220 g/mol. The molecular weight excluding hydrogens is 204 g/mol. The van der Waals surface area contributed by atoms with Crippen molar-refractivity contribution in [3.05, 3.63) is 23.9 Å². The van der Waals surface area contributed by atoms with E-state index in [4.69, 9.17) is 5.11 Å². The molecule has 4 heteroatoms. The number of pyridine rings is 1. The molecular formula is C12H16N2O2. The van der Waals surface area contributed by atoms with E-state index >= 15 is 0 Å². The molecule has 4 nitrogen and oxygen atoms in total. The first-order valence-corrected chi connectivity index (χ1v) is 5.65. The molecule has 2 heterocycles. The highest BCUT2D eigenvalue weighted by Crippen LogP contribution is 2.26. The minimum Gasteiger partial charge on any atom is -0.478 e. The smallest absolute Gasteiger partial charge is 0.339 e. The Morgan fingerprint density at radius 3 is 3.12 bits per heavy atom. The SMILES string of the molecule is CC[C@@H]1CCN(c2ncccc2C(=O)O)C1. The van der Waals surface area contributed by atoms with Gasteiger partial charge in [-0.15, -0.1) is 0 Å². The van der Waals surface area contributed by atoms with Crippen LogP contribution in [0.4, 0.5) is 5.82 Å². The van der Waals surface area contributed by atoms with Crippen LogP contribution in [0.25, 0.3) is 0 Å². The summed E-state index contributed by atoms with van der Waals surface area (Å²) in [6, 6.07) is 3.28. The monoisotopic (exact) mass is 220 g/mol. The summed E-state index contributed by atoms with van der Waals surface area (Å²) in [7, 11) is 0. The van der Waals surface area contributed by atoms with Crippen LogP contribution in [-0.4, -0.2) is 29.1 Å². The number of hydrogen-bond acceptors (Lipinski definition) is 3. The summed E-state index contributed by atoms with van der Waals surface area (Å²) in [4.78, 5) is 17.3. The highest BCUT2D eigenvalue weighted by molar-refractivity contribution is 5.93. The standard InChI is InChI=1S/C12H16N2O2/c1-2-9-5-7-14(8-9)11-10(12(15)16)4-3-6-13-11/h3-4,6,9H,2,5,7-8H2,1H3,(H,15,16)/t9-/m1/s1. The molecule has 0 bridgehead atoms. The topological polar surface area (TPSA) is 53.4 Å². The Morgan fingerprint density at radius 1 is 1.69 bits per heavy atom. The number of nitrogens with zero attached hydrogens (tertiary/aromatic N) is 2. The first-order chi connectivity index (χ1) is 7.72. The molecule has 0 amide bonds. The van der Waals surface area contributed by atoms with E-state index in [-0.39, 0.29) is 0 Å². The fraction of sp³-hybridized carbons (Fsp3) is 0.500. The number of aromatic carboxylic acids is 1. The van der Waals surface area contributed by atoms with E-state index in [9.17, 15) is 4.79 Å². The number of carboxylic acids is 1. The summed E-state index contributed by atoms with van der Waals surface area (Å²) in [5.41, 5.74) is 0.305. The van der Waals surface area contributed by atoms with Gasteiger partial charge in [0.1, 0.15) is 11.4 Å². The molecule has 1 aliphatic rings. The maximum absolute atomic E-state index is 11.1. The number of carboxylic acid groups (broad SMARTS) is 1. The van der Waals surface area contributed by atoms with Crippen molar-refractivity contribution < 1.29 is 9.90 Å². The molecule has 0 aliphatic carbocycles. The lowest BCUT2D eigenvalue weighted by atomic mass is 10.1. The average Bonchev–Trinajstić information content (AvgIpc) is 2.77. The number of rotatable bonds is 3. The van der Waals surface area contributed by atoms with Crippen molar-refractivity contribution in [3.63, 3.8) is 0 Å². The molecule has 2 rings (SSSR count). The normalized spacial score (nSPS) is 20.1. The van der Waals surface area contributed by atoms with Gasteiger partial charge in [-0.05, 0) is 24.5 Å². The van der Waals surface area contributed by atoms with Gasteiger partial charge >= 0.3 is 5.97 Å². The zero-order chi connectivity index (χ0) is 11.5. The summed E-state index contributed by atoms with van der Waals surface area (Å²) in [5.74, 6) is 0.387. The minimum atomic E-state index is -0.900. The van der Waals surface area contributed by atoms with Gasteiger partial charge in [0.05, 0.1) is 0 Å². The van der Waals surface area contributed by atoms with E-state index in [1.165, 1.54) is 0 Å². The zero-order valence-electron chi connectivity index (χ0n) is 9.39. The number of hydrogen-bond donors (Lipinski definition) is 1. The molecule has 0 aromatic carbocycles. The van der Waals surface area contributed by atoms with Gasteiger partial charge in [-0.3, -0.25) is 0 Å². The molecule has 1 aromatic rings. The minimum absolute atomic E-state index is 0.305. The fourth-order valence-corrected chi connectivity index (χ4v) is 2.17. The zero-order valence-corrected chi connectivity index (χ0v) is 9.39. The van der Waals surface area contributed by atoms with Crippen molar-refractivity contribution in [2.75, 3.05) is 18.0 Å². The Balaban J connectivity index is 2.24. The molecule has 86 valence electrons. The van der Waals surface area contributed by atoms with Crippen LogP contribution in [0.15, 0.2) is 18.3 Å². The van der Waals surface area contributed by atoms with Gasteiger partial charge in [0.15, 0.2) is 0 Å². The Bertz CT molecular complexity index is 392. The molecule has 0 saturated carbocycles. The molecule has 1 fully saturated rings. The van der Waals surface area contributed by atoms with Crippen molar-refractivity contribution >= 4 is 11.8 Å². The lowest BCUT2D eigenvalue weighted by Crippen LogP contribution is -2.23. The third kappa shape index (κ3) is 2.01. The van der Waals surface area contributed by atoms with Crippen LogP contribution in [0, 0.1) is 5.92 Å². The maximum atomic E-state index is 11.1. The van der Waals surface area contributed by atoms with Crippen molar-refractivity contribution in [1.29, 1.82) is 0 Å². The lowest BCUT2D eigenvalue weighted by Gasteiger charge is -2.18. The van der Waals surface area contributed by atoms with Crippen molar-refractivity contribution in [2.45, 2.75) is 19.8 Å². The van der Waals surface area contributed by atoms with Gasteiger partial charge in [0.25, 0.3) is 0 Å². The molecule has 1 saturated heterocycles. The van der Waals surface area contributed by atoms with E-state index in [1.54, 1.807) is 18.3 Å². The molecule has 0 unspecified atom stereocenters. The quantitative estimate of drug-likeness (QED) is 0.846. The Labute approximate surface area is 94.9 Å². The van der Waals surface area contributed by atoms with Crippen LogP contribution >= 0.6 is 0 Å². The molecule has 1 atom stereocenters. The third-order valence-corrected chi connectivity index (χ3v) is 3.18. The van der Waals surface area contributed by atoms with E-state index in [0.717, 1.165) is 25.9 Å². The predicted molar refractivity (Wildman–Crippen MR) is 61.8 cm³/mol. The largest absolute Gasteiger partial charge is 0.478 e. The fourth-order valence-electron chi connectivity index (χ4n) is 2.17. The van der Waals surface area contributed by atoms with Gasteiger partial charge in [0, 0.05) is 19.3 Å². The summed E-state index contributed by atoms with van der Waals surface area (Å²) in [6.45, 7) is 4.01. The van der Waals surface area contributed by atoms with Crippen LogP contribution in [0.3, 0.4) is 0 Å². The van der Waals surface area contributed by atoms with Crippen LogP contribution in [-0.2, 0) is 0 Å². The summed E-state index contributed by atoms with van der Waals surface area (Å²) in [5, 5.41) is 9.08. The second-order valence-electron chi connectivity index (χ2n) is 4.19. The van der Waals surface area contributed by atoms with E-state index in [2.05, 4.69) is 16.8 Å². The van der Waals surface area contributed by atoms with Gasteiger partial charge in [-0.25, -0.2) is 9.78 Å². The predicted octanol–water partition coefficient (Wildman–Crippen LogP) is 2.02. The van der Waals surface area contributed by atoms with Crippen LogP contribution in [0.5, 0.6) is 0 Å². The van der Waals surface area contributed by atoms with Crippen molar-refractivity contribution in [3.8, 4) is 0 Å². The molecule has 1 N–H and O–H groups in total. The van der Waals surface area contributed by atoms with Crippen molar-refractivity contribution in [2.24, 2.45) is 5.92 Å². The number of anilines is 1. The first kappa shape index (κ1) is 10.9. The molecule has 0 radical (unpaired) electrons. The molecule has 16 heavy (non-hydrogen) atoms. The van der Waals surface area contributed by atoms with Crippen LogP contribution in [0.2, 0.25) is 0 Å². The Morgan fingerprint density at radius 2 is 2.50 bits per heavy atom. The van der Waals surface area contributed by atoms with Crippen molar-refractivity contribution in [1.82, 2.24) is 4.98 Å².